The van der Waals surface area contributed by atoms with Crippen LogP contribution in [0.15, 0.2) is 16.8 Å². The molecule has 0 aromatic heterocycles. The van der Waals surface area contributed by atoms with Crippen LogP contribution in [0.3, 0.4) is 0 Å². The average Bonchev–Trinajstić information content (AvgIpc) is 2.02. The second-order valence-electron chi connectivity index (χ2n) is 3.19. The van der Waals surface area contributed by atoms with Gasteiger partial charge in [-0.1, -0.05) is 13.8 Å². The Balaban J connectivity index is 4.46. The molecule has 0 saturated carbocycles. The first-order chi connectivity index (χ1) is 5.97. The van der Waals surface area contributed by atoms with E-state index in [4.69, 9.17) is 17.3 Å². The second-order valence-corrected chi connectivity index (χ2v) is 3.53. The van der Waals surface area contributed by atoms with E-state index >= 15 is 0 Å². The first-order valence-electron chi connectivity index (χ1n) is 4.10. The van der Waals surface area contributed by atoms with Crippen molar-refractivity contribution in [2.45, 2.75) is 20.3 Å². The maximum atomic E-state index is 10.6. The molecule has 0 aromatic rings. The lowest BCUT2D eigenvalue weighted by molar-refractivity contribution is -0.108. The predicted molar refractivity (Wildman–Crippen MR) is 55.9 cm³/mol. The number of carbonyl (C=O) groups is 1. The molecule has 0 rings (SSSR count). The Morgan fingerprint density at radius 1 is 1.62 bits per heavy atom. The van der Waals surface area contributed by atoms with Crippen LogP contribution in [-0.4, -0.2) is 18.0 Å². The molecule has 0 aliphatic heterocycles. The molecule has 0 heterocycles. The van der Waals surface area contributed by atoms with Gasteiger partial charge in [-0.2, -0.15) is 0 Å². The number of aliphatic imine (C=N–C) groups is 1. The van der Waals surface area contributed by atoms with Crippen molar-refractivity contribution in [3.05, 3.63) is 11.8 Å². The molecule has 74 valence electrons. The number of hydrogen-bond acceptors (Lipinski definition) is 3. The molecule has 13 heavy (non-hydrogen) atoms. The van der Waals surface area contributed by atoms with Gasteiger partial charge in [0.15, 0.2) is 0 Å². The van der Waals surface area contributed by atoms with Gasteiger partial charge in [-0.15, -0.1) is 0 Å². The Morgan fingerprint density at radius 3 is 2.46 bits per heavy atom. The minimum atomic E-state index is -0.634. The number of rotatable bonds is 4. The van der Waals surface area contributed by atoms with Gasteiger partial charge in [-0.3, -0.25) is 9.79 Å². The number of carbonyl (C=O) groups excluding carboxylic acids is 1. The Kier molecular flexibility index (Phi) is 5.39. The highest BCUT2D eigenvalue weighted by atomic mass is 35.5. The topological polar surface area (TPSA) is 55.4 Å². The standard InChI is InChI=1S/C9H15ClN2O/c1-6(2)4-7(12-3)5-8(11)9(10)13/h5-6H,4,11H2,1-3H3. The van der Waals surface area contributed by atoms with E-state index in [2.05, 4.69) is 18.8 Å². The summed E-state index contributed by atoms with van der Waals surface area (Å²) >= 11 is 5.18. The molecule has 0 radical (unpaired) electrons. The van der Waals surface area contributed by atoms with Crippen molar-refractivity contribution in [3.63, 3.8) is 0 Å². The van der Waals surface area contributed by atoms with Crippen LogP contribution in [0.1, 0.15) is 20.3 Å². The normalized spacial score (nSPS) is 13.6. The lowest BCUT2D eigenvalue weighted by Gasteiger charge is -2.04. The van der Waals surface area contributed by atoms with Gasteiger partial charge >= 0.3 is 0 Å². The highest BCUT2D eigenvalue weighted by Crippen LogP contribution is 2.04. The molecule has 0 spiro atoms. The molecule has 2 N–H and O–H groups in total. The van der Waals surface area contributed by atoms with Crippen molar-refractivity contribution in [1.82, 2.24) is 0 Å². The lowest BCUT2D eigenvalue weighted by Crippen LogP contribution is -2.09. The minimum Gasteiger partial charge on any atom is -0.395 e. The maximum Gasteiger partial charge on any atom is 0.268 e. The third kappa shape index (κ3) is 5.42. The number of nitrogens with two attached hydrogens (primary N) is 1. The number of hydrogen-bond donors (Lipinski definition) is 1. The van der Waals surface area contributed by atoms with Crippen LogP contribution in [-0.2, 0) is 4.79 Å². The third-order valence-corrected chi connectivity index (χ3v) is 1.67. The van der Waals surface area contributed by atoms with Gasteiger partial charge in [0.05, 0.1) is 5.70 Å². The van der Waals surface area contributed by atoms with Crippen molar-refractivity contribution in [2.75, 3.05) is 7.05 Å². The van der Waals surface area contributed by atoms with E-state index < -0.39 is 5.24 Å². The summed E-state index contributed by atoms with van der Waals surface area (Å²) in [5.74, 6) is 0.480. The fourth-order valence-electron chi connectivity index (χ4n) is 0.869. The molecule has 0 aromatic carbocycles. The Morgan fingerprint density at radius 2 is 2.15 bits per heavy atom. The van der Waals surface area contributed by atoms with Gasteiger partial charge < -0.3 is 5.73 Å². The zero-order valence-electron chi connectivity index (χ0n) is 8.17. The molecule has 0 aliphatic rings. The fraction of sp³-hybridized carbons (Fsp3) is 0.556. The summed E-state index contributed by atoms with van der Waals surface area (Å²) in [4.78, 5) is 14.6. The Labute approximate surface area is 83.7 Å². The van der Waals surface area contributed by atoms with E-state index in [0.29, 0.717) is 5.92 Å². The molecule has 3 nitrogen and oxygen atoms in total. The van der Waals surface area contributed by atoms with E-state index in [9.17, 15) is 4.79 Å². The molecule has 0 atom stereocenters. The highest BCUT2D eigenvalue weighted by Gasteiger charge is 2.04. The average molecular weight is 203 g/mol. The van der Waals surface area contributed by atoms with Crippen LogP contribution in [0.4, 0.5) is 0 Å². The molecule has 0 aliphatic carbocycles. The summed E-state index contributed by atoms with van der Waals surface area (Å²) in [7, 11) is 1.67. The smallest absolute Gasteiger partial charge is 0.268 e. The van der Waals surface area contributed by atoms with E-state index in [1.807, 2.05) is 0 Å². The van der Waals surface area contributed by atoms with E-state index in [-0.39, 0.29) is 5.70 Å². The summed E-state index contributed by atoms with van der Waals surface area (Å²) in [6, 6.07) is 0. The number of halogens is 1. The second kappa shape index (κ2) is 5.75. The first kappa shape index (κ1) is 12.2. The van der Waals surface area contributed by atoms with Crippen molar-refractivity contribution >= 4 is 22.6 Å². The van der Waals surface area contributed by atoms with Gasteiger partial charge in [-0.05, 0) is 30.0 Å². The van der Waals surface area contributed by atoms with E-state index in [1.54, 1.807) is 7.05 Å². The summed E-state index contributed by atoms with van der Waals surface area (Å²) in [6.45, 7) is 4.13. The van der Waals surface area contributed by atoms with E-state index in [0.717, 1.165) is 12.1 Å². The van der Waals surface area contributed by atoms with E-state index in [1.165, 1.54) is 6.08 Å². The Bertz CT molecular complexity index is 244. The summed E-state index contributed by atoms with van der Waals surface area (Å²) < 4.78 is 0. The SMILES string of the molecule is CN=C(C=C(N)C(=O)Cl)CC(C)C. The van der Waals surface area contributed by atoms with Gasteiger partial charge in [0.2, 0.25) is 0 Å². The van der Waals surface area contributed by atoms with Crippen molar-refractivity contribution < 1.29 is 4.79 Å². The van der Waals surface area contributed by atoms with Gasteiger partial charge in [0, 0.05) is 12.8 Å². The maximum absolute atomic E-state index is 10.6. The van der Waals surface area contributed by atoms with Gasteiger partial charge in [-0.25, -0.2) is 0 Å². The van der Waals surface area contributed by atoms with Crippen LogP contribution in [0.5, 0.6) is 0 Å². The van der Waals surface area contributed by atoms with Crippen molar-refractivity contribution in [2.24, 2.45) is 16.6 Å². The number of allylic oxidation sites excluding steroid dienone is 2. The summed E-state index contributed by atoms with van der Waals surface area (Å²) in [5.41, 5.74) is 6.20. The van der Waals surface area contributed by atoms with Crippen LogP contribution in [0.2, 0.25) is 0 Å². The Hall–Kier alpha value is -0.830. The zero-order chi connectivity index (χ0) is 10.4. The van der Waals surface area contributed by atoms with Gasteiger partial charge in [0.25, 0.3) is 5.24 Å². The quantitative estimate of drug-likeness (QED) is 0.429. The first-order valence-corrected chi connectivity index (χ1v) is 4.47. The van der Waals surface area contributed by atoms with Crippen molar-refractivity contribution in [3.8, 4) is 0 Å². The van der Waals surface area contributed by atoms with Crippen LogP contribution in [0.25, 0.3) is 0 Å². The molecule has 0 unspecified atom stereocenters. The van der Waals surface area contributed by atoms with Crippen molar-refractivity contribution in [1.29, 1.82) is 0 Å². The molecule has 0 amide bonds. The molecule has 0 saturated heterocycles. The third-order valence-electron chi connectivity index (χ3n) is 1.45. The number of nitrogens with zero attached hydrogens (tertiary/aromatic N) is 1. The molecular formula is C9H15ClN2O. The zero-order valence-corrected chi connectivity index (χ0v) is 8.93. The largest absolute Gasteiger partial charge is 0.395 e. The lowest BCUT2D eigenvalue weighted by atomic mass is 10.1. The van der Waals surface area contributed by atoms with Crippen LogP contribution < -0.4 is 5.73 Å². The highest BCUT2D eigenvalue weighted by molar-refractivity contribution is 6.67. The van der Waals surface area contributed by atoms with Crippen LogP contribution >= 0.6 is 11.6 Å². The summed E-state index contributed by atoms with van der Waals surface area (Å²) in [5, 5.41) is -0.634. The molecule has 0 fully saturated rings. The summed E-state index contributed by atoms with van der Waals surface area (Å²) in [6.07, 6.45) is 2.32. The monoisotopic (exact) mass is 202 g/mol. The molecule has 0 bridgehead atoms. The van der Waals surface area contributed by atoms with Crippen LogP contribution in [0, 0.1) is 5.92 Å². The predicted octanol–water partition coefficient (Wildman–Crippen LogP) is 1.71. The molecule has 4 heteroatoms. The molecular weight excluding hydrogens is 188 g/mol. The fourth-order valence-corrected chi connectivity index (χ4v) is 0.924. The minimum absolute atomic E-state index is 0.0444. The van der Waals surface area contributed by atoms with Gasteiger partial charge in [0.1, 0.15) is 0 Å².